The van der Waals surface area contributed by atoms with Gasteiger partial charge in [-0.2, -0.15) is 0 Å². The highest BCUT2D eigenvalue weighted by Crippen LogP contribution is 2.26. The van der Waals surface area contributed by atoms with E-state index in [0.717, 1.165) is 16.9 Å². The molecule has 0 aliphatic rings. The second-order valence-corrected chi connectivity index (χ2v) is 7.39. The Kier molecular flexibility index (Phi) is 7.90. The summed E-state index contributed by atoms with van der Waals surface area (Å²) in [5.41, 5.74) is 2.74. The van der Waals surface area contributed by atoms with Crippen molar-refractivity contribution in [2.24, 2.45) is 0 Å². The van der Waals surface area contributed by atoms with E-state index in [1.807, 2.05) is 48.5 Å². The number of nitrogens with one attached hydrogen (secondary N) is 2. The van der Waals surface area contributed by atoms with Crippen LogP contribution in [0.5, 0.6) is 5.75 Å². The van der Waals surface area contributed by atoms with Gasteiger partial charge in [0.25, 0.3) is 5.69 Å². The monoisotopic (exact) mass is 445 g/mol. The fraction of sp³-hybridized carbons (Fsp3) is 0.182. The predicted molar refractivity (Wildman–Crippen MR) is 121 cm³/mol. The third-order valence-corrected chi connectivity index (χ3v) is 4.94. The number of halogens is 2. The number of benzene rings is 3. The molecule has 156 valence electrons. The summed E-state index contributed by atoms with van der Waals surface area (Å²) in [5.74, 6) is 0.825. The molecule has 8 heteroatoms. The van der Waals surface area contributed by atoms with Crippen molar-refractivity contribution in [2.45, 2.75) is 13.2 Å². The maximum absolute atomic E-state index is 10.8. The lowest BCUT2D eigenvalue weighted by Crippen LogP contribution is -2.22. The number of nitrogens with zero attached hydrogens (tertiary/aromatic N) is 1. The fourth-order valence-electron chi connectivity index (χ4n) is 2.80. The molecule has 3 aromatic rings. The van der Waals surface area contributed by atoms with E-state index in [1.54, 1.807) is 6.07 Å². The molecule has 0 atom stereocenters. The summed E-state index contributed by atoms with van der Waals surface area (Å²) in [6.45, 7) is 2.41. The van der Waals surface area contributed by atoms with E-state index in [2.05, 4.69) is 10.6 Å². The van der Waals surface area contributed by atoms with Crippen LogP contribution in [0.1, 0.15) is 11.1 Å². The zero-order chi connectivity index (χ0) is 21.3. The molecule has 30 heavy (non-hydrogen) atoms. The van der Waals surface area contributed by atoms with Crippen molar-refractivity contribution in [3.05, 3.63) is 98.0 Å². The van der Waals surface area contributed by atoms with Gasteiger partial charge in [-0.3, -0.25) is 10.1 Å². The lowest BCUT2D eigenvalue weighted by Gasteiger charge is -2.13. The average Bonchev–Trinajstić information content (AvgIpc) is 2.74. The number of nitro benzene ring substituents is 1. The molecular weight excluding hydrogens is 425 g/mol. The first-order chi connectivity index (χ1) is 14.5. The summed E-state index contributed by atoms with van der Waals surface area (Å²) in [4.78, 5) is 10.3. The lowest BCUT2D eigenvalue weighted by atomic mass is 10.2. The molecule has 0 saturated carbocycles. The van der Waals surface area contributed by atoms with Gasteiger partial charge < -0.3 is 15.4 Å². The summed E-state index contributed by atoms with van der Waals surface area (Å²) in [7, 11) is 0. The number of hydrogen-bond donors (Lipinski definition) is 2. The Balaban J connectivity index is 1.46. The molecule has 2 N–H and O–H groups in total. The van der Waals surface area contributed by atoms with E-state index in [9.17, 15) is 10.1 Å². The SMILES string of the molecule is O=[N+]([O-])c1ccc(NCCNCc2ccccc2OCc2ccc(Cl)cc2)c(Cl)c1. The standard InChI is InChI=1S/C22H21Cl2N3O3/c23-18-7-5-16(6-8-18)15-30-22-4-2-1-3-17(22)14-25-11-12-26-21-10-9-19(27(28)29)13-20(21)24/h1-10,13,25-26H,11-12,14-15H2. The van der Waals surface area contributed by atoms with Crippen molar-refractivity contribution >= 4 is 34.6 Å². The van der Waals surface area contributed by atoms with Crippen LogP contribution in [0.3, 0.4) is 0 Å². The van der Waals surface area contributed by atoms with Crippen molar-refractivity contribution in [3.8, 4) is 5.75 Å². The largest absolute Gasteiger partial charge is 0.489 e. The molecule has 0 saturated heterocycles. The van der Waals surface area contributed by atoms with Gasteiger partial charge in [0.1, 0.15) is 12.4 Å². The third kappa shape index (κ3) is 6.35. The minimum Gasteiger partial charge on any atom is -0.489 e. The van der Waals surface area contributed by atoms with E-state index < -0.39 is 4.92 Å². The van der Waals surface area contributed by atoms with Gasteiger partial charge in [-0.15, -0.1) is 0 Å². The summed E-state index contributed by atoms with van der Waals surface area (Å²) in [6.07, 6.45) is 0. The second kappa shape index (κ2) is 10.8. The van der Waals surface area contributed by atoms with Crippen molar-refractivity contribution in [1.29, 1.82) is 0 Å². The van der Waals surface area contributed by atoms with Gasteiger partial charge in [0.2, 0.25) is 0 Å². The van der Waals surface area contributed by atoms with Gasteiger partial charge >= 0.3 is 0 Å². The number of nitro groups is 1. The number of anilines is 1. The van der Waals surface area contributed by atoms with Crippen molar-refractivity contribution in [3.63, 3.8) is 0 Å². The molecule has 3 aromatic carbocycles. The van der Waals surface area contributed by atoms with Gasteiger partial charge in [0.15, 0.2) is 0 Å². The Morgan fingerprint density at radius 3 is 2.47 bits per heavy atom. The van der Waals surface area contributed by atoms with Crippen LogP contribution in [-0.4, -0.2) is 18.0 Å². The number of hydrogen-bond acceptors (Lipinski definition) is 5. The van der Waals surface area contributed by atoms with Gasteiger partial charge in [0, 0.05) is 42.4 Å². The van der Waals surface area contributed by atoms with Gasteiger partial charge in [-0.1, -0.05) is 53.5 Å². The number of ether oxygens (including phenoxy) is 1. The molecule has 0 unspecified atom stereocenters. The average molecular weight is 446 g/mol. The third-order valence-electron chi connectivity index (χ3n) is 4.38. The van der Waals surface area contributed by atoms with Crippen LogP contribution in [0.15, 0.2) is 66.7 Å². The van der Waals surface area contributed by atoms with E-state index in [4.69, 9.17) is 27.9 Å². The number of para-hydroxylation sites is 1. The summed E-state index contributed by atoms with van der Waals surface area (Å²) >= 11 is 12.0. The highest BCUT2D eigenvalue weighted by atomic mass is 35.5. The minimum absolute atomic E-state index is 0.0288. The summed E-state index contributed by atoms with van der Waals surface area (Å²) in [5, 5.41) is 18.3. The topological polar surface area (TPSA) is 76.4 Å². The molecule has 3 rings (SSSR count). The smallest absolute Gasteiger partial charge is 0.271 e. The highest BCUT2D eigenvalue weighted by molar-refractivity contribution is 6.33. The lowest BCUT2D eigenvalue weighted by molar-refractivity contribution is -0.384. The quantitative estimate of drug-likeness (QED) is 0.238. The molecule has 0 radical (unpaired) electrons. The van der Waals surface area contributed by atoms with Crippen LogP contribution in [0.4, 0.5) is 11.4 Å². The van der Waals surface area contributed by atoms with Gasteiger partial charge in [-0.05, 0) is 29.8 Å². The van der Waals surface area contributed by atoms with Crippen LogP contribution in [-0.2, 0) is 13.2 Å². The minimum atomic E-state index is -0.469. The van der Waals surface area contributed by atoms with Crippen LogP contribution >= 0.6 is 23.2 Å². The second-order valence-electron chi connectivity index (χ2n) is 6.55. The van der Waals surface area contributed by atoms with Crippen LogP contribution in [0.2, 0.25) is 10.0 Å². The molecule has 0 amide bonds. The molecule has 0 bridgehead atoms. The molecular formula is C22H21Cl2N3O3. The van der Waals surface area contributed by atoms with Crippen molar-refractivity contribution in [2.75, 3.05) is 18.4 Å². The Labute approximate surface area is 184 Å². The zero-order valence-electron chi connectivity index (χ0n) is 16.1. The Bertz CT molecular complexity index is 997. The molecule has 0 aliphatic heterocycles. The zero-order valence-corrected chi connectivity index (χ0v) is 17.6. The normalized spacial score (nSPS) is 10.6. The van der Waals surface area contributed by atoms with E-state index >= 15 is 0 Å². The fourth-order valence-corrected chi connectivity index (χ4v) is 3.17. The van der Waals surface area contributed by atoms with E-state index in [1.165, 1.54) is 12.1 Å². The first-order valence-electron chi connectivity index (χ1n) is 9.36. The van der Waals surface area contributed by atoms with Crippen LogP contribution < -0.4 is 15.4 Å². The summed E-state index contributed by atoms with van der Waals surface area (Å²) < 4.78 is 5.96. The van der Waals surface area contributed by atoms with E-state index in [-0.39, 0.29) is 5.69 Å². The highest BCUT2D eigenvalue weighted by Gasteiger charge is 2.09. The first-order valence-corrected chi connectivity index (χ1v) is 10.1. The Morgan fingerprint density at radius 1 is 0.967 bits per heavy atom. The van der Waals surface area contributed by atoms with Crippen molar-refractivity contribution < 1.29 is 9.66 Å². The molecule has 0 aromatic heterocycles. The van der Waals surface area contributed by atoms with Crippen LogP contribution in [0.25, 0.3) is 0 Å². The van der Waals surface area contributed by atoms with Crippen molar-refractivity contribution in [1.82, 2.24) is 5.32 Å². The first kappa shape index (κ1) is 21.9. The number of rotatable bonds is 10. The molecule has 0 heterocycles. The maximum atomic E-state index is 10.8. The van der Waals surface area contributed by atoms with Gasteiger partial charge in [-0.25, -0.2) is 0 Å². The Morgan fingerprint density at radius 2 is 1.73 bits per heavy atom. The molecule has 0 aliphatic carbocycles. The number of non-ortho nitro benzene ring substituents is 1. The molecule has 0 fully saturated rings. The van der Waals surface area contributed by atoms with Crippen LogP contribution in [0, 0.1) is 10.1 Å². The maximum Gasteiger partial charge on any atom is 0.271 e. The summed E-state index contributed by atoms with van der Waals surface area (Å²) in [6, 6.07) is 19.8. The Hall–Kier alpha value is -2.80. The van der Waals surface area contributed by atoms with Gasteiger partial charge in [0.05, 0.1) is 15.6 Å². The molecule has 6 nitrogen and oxygen atoms in total. The predicted octanol–water partition coefficient (Wildman–Crippen LogP) is 5.68. The molecule has 0 spiro atoms. The van der Waals surface area contributed by atoms with E-state index in [0.29, 0.717) is 42.0 Å².